The summed E-state index contributed by atoms with van der Waals surface area (Å²) in [6, 6.07) is 0. The Bertz CT molecular complexity index is 196. The fourth-order valence-corrected chi connectivity index (χ4v) is 1.69. The van der Waals surface area contributed by atoms with Gasteiger partial charge in [0.15, 0.2) is 0 Å². The van der Waals surface area contributed by atoms with E-state index < -0.39 is 5.97 Å². The maximum atomic E-state index is 11.3. The molecule has 0 aliphatic rings. The lowest BCUT2D eigenvalue weighted by Gasteiger charge is -2.19. The molecule has 0 saturated heterocycles. The van der Waals surface area contributed by atoms with Gasteiger partial charge in [-0.3, -0.25) is 9.59 Å². The van der Waals surface area contributed by atoms with E-state index in [1.54, 1.807) is 4.90 Å². The van der Waals surface area contributed by atoms with Gasteiger partial charge in [0.1, 0.15) is 0 Å². The summed E-state index contributed by atoms with van der Waals surface area (Å²) in [6.07, 6.45) is 0.511. The highest BCUT2D eigenvalue weighted by molar-refractivity contribution is 7.99. The van der Waals surface area contributed by atoms with Crippen molar-refractivity contribution in [3.63, 3.8) is 0 Å². The second-order valence-electron chi connectivity index (χ2n) is 2.77. The third kappa shape index (κ3) is 5.85. The topological polar surface area (TPSA) is 57.6 Å². The molecule has 1 amide bonds. The standard InChI is InChI=1S/C9H17NO3S/c1-3-8(11)10(4-2)5-6-14-7-9(12)13/h3-7H2,1-2H3,(H,12,13). The third-order valence-corrected chi connectivity index (χ3v) is 2.69. The molecular weight excluding hydrogens is 202 g/mol. The first-order valence-corrected chi connectivity index (χ1v) is 5.84. The van der Waals surface area contributed by atoms with E-state index in [1.165, 1.54) is 11.8 Å². The van der Waals surface area contributed by atoms with Gasteiger partial charge in [-0.05, 0) is 6.92 Å². The maximum Gasteiger partial charge on any atom is 0.313 e. The minimum absolute atomic E-state index is 0.109. The van der Waals surface area contributed by atoms with E-state index in [1.807, 2.05) is 13.8 Å². The van der Waals surface area contributed by atoms with Crippen LogP contribution in [0.2, 0.25) is 0 Å². The van der Waals surface area contributed by atoms with Crippen molar-refractivity contribution < 1.29 is 14.7 Å². The van der Waals surface area contributed by atoms with Gasteiger partial charge >= 0.3 is 5.97 Å². The Labute approximate surface area is 88.7 Å². The minimum atomic E-state index is -0.806. The van der Waals surface area contributed by atoms with Crippen molar-refractivity contribution in [3.05, 3.63) is 0 Å². The van der Waals surface area contributed by atoms with Crippen molar-refractivity contribution >= 4 is 23.6 Å². The first kappa shape index (κ1) is 13.3. The second-order valence-corrected chi connectivity index (χ2v) is 3.88. The summed E-state index contributed by atoms with van der Waals surface area (Å²) in [6.45, 7) is 5.09. The molecule has 82 valence electrons. The Morgan fingerprint density at radius 1 is 1.36 bits per heavy atom. The van der Waals surface area contributed by atoms with Crippen LogP contribution in [0.3, 0.4) is 0 Å². The Morgan fingerprint density at radius 3 is 2.43 bits per heavy atom. The second kappa shape index (κ2) is 7.67. The number of aliphatic carboxylic acids is 1. The molecule has 0 aliphatic carbocycles. The highest BCUT2D eigenvalue weighted by Crippen LogP contribution is 2.02. The van der Waals surface area contributed by atoms with Gasteiger partial charge in [-0.2, -0.15) is 0 Å². The average Bonchev–Trinajstić information content (AvgIpc) is 2.16. The van der Waals surface area contributed by atoms with Gasteiger partial charge in [-0.1, -0.05) is 6.92 Å². The number of carboxylic acids is 1. The van der Waals surface area contributed by atoms with E-state index in [2.05, 4.69) is 0 Å². The lowest BCUT2D eigenvalue weighted by atomic mass is 10.4. The molecule has 0 fully saturated rings. The predicted octanol–water partition coefficient (Wildman–Crippen LogP) is 1.06. The van der Waals surface area contributed by atoms with Crippen LogP contribution in [-0.2, 0) is 9.59 Å². The van der Waals surface area contributed by atoms with Crippen LogP contribution < -0.4 is 0 Å². The molecule has 0 radical (unpaired) electrons. The van der Waals surface area contributed by atoms with E-state index in [0.29, 0.717) is 25.3 Å². The molecule has 0 bridgehead atoms. The zero-order chi connectivity index (χ0) is 11.0. The highest BCUT2D eigenvalue weighted by atomic mass is 32.2. The SMILES string of the molecule is CCC(=O)N(CC)CCSCC(=O)O. The van der Waals surface area contributed by atoms with E-state index in [9.17, 15) is 9.59 Å². The number of carboxylic acid groups (broad SMARTS) is 1. The zero-order valence-corrected chi connectivity index (χ0v) is 9.47. The van der Waals surface area contributed by atoms with Gasteiger partial charge in [-0.15, -0.1) is 11.8 Å². The smallest absolute Gasteiger partial charge is 0.313 e. The number of amides is 1. The van der Waals surface area contributed by atoms with Crippen molar-refractivity contribution in [2.75, 3.05) is 24.6 Å². The maximum absolute atomic E-state index is 11.3. The molecular formula is C9H17NO3S. The molecule has 4 nitrogen and oxygen atoms in total. The van der Waals surface area contributed by atoms with Gasteiger partial charge in [0.05, 0.1) is 5.75 Å². The summed E-state index contributed by atoms with van der Waals surface area (Å²) >= 11 is 1.34. The van der Waals surface area contributed by atoms with Crippen LogP contribution in [0.4, 0.5) is 0 Å². The molecule has 0 atom stereocenters. The molecule has 0 unspecified atom stereocenters. The van der Waals surface area contributed by atoms with E-state index >= 15 is 0 Å². The van der Waals surface area contributed by atoms with Gasteiger partial charge in [-0.25, -0.2) is 0 Å². The molecule has 0 aromatic carbocycles. The lowest BCUT2D eigenvalue weighted by molar-refractivity contribution is -0.134. The fraction of sp³-hybridized carbons (Fsp3) is 0.778. The number of carbonyl (C=O) groups is 2. The summed E-state index contributed by atoms with van der Waals surface area (Å²) in [5.74, 6) is 0.118. The Hall–Kier alpha value is -0.710. The van der Waals surface area contributed by atoms with Crippen molar-refractivity contribution in [2.45, 2.75) is 20.3 Å². The molecule has 0 saturated carbocycles. The van der Waals surface area contributed by atoms with Gasteiger partial charge in [0.25, 0.3) is 0 Å². The molecule has 14 heavy (non-hydrogen) atoms. The average molecular weight is 219 g/mol. The quantitative estimate of drug-likeness (QED) is 0.651. The molecule has 5 heteroatoms. The van der Waals surface area contributed by atoms with Crippen molar-refractivity contribution in [3.8, 4) is 0 Å². The number of hydrogen-bond donors (Lipinski definition) is 1. The van der Waals surface area contributed by atoms with Gasteiger partial charge < -0.3 is 10.0 Å². The Balaban J connectivity index is 3.63. The normalized spacial score (nSPS) is 9.86. The van der Waals surface area contributed by atoms with Crippen LogP contribution in [0.5, 0.6) is 0 Å². The minimum Gasteiger partial charge on any atom is -0.481 e. The van der Waals surface area contributed by atoms with Crippen LogP contribution in [-0.4, -0.2) is 46.5 Å². The summed E-state index contributed by atoms with van der Waals surface area (Å²) in [5.41, 5.74) is 0. The van der Waals surface area contributed by atoms with E-state index in [0.717, 1.165) is 0 Å². The van der Waals surface area contributed by atoms with Crippen LogP contribution in [0.15, 0.2) is 0 Å². The summed E-state index contributed by atoms with van der Waals surface area (Å²) in [7, 11) is 0. The summed E-state index contributed by atoms with van der Waals surface area (Å²) < 4.78 is 0. The van der Waals surface area contributed by atoms with Gasteiger partial charge in [0, 0.05) is 25.3 Å². The molecule has 0 aromatic heterocycles. The molecule has 0 aromatic rings. The van der Waals surface area contributed by atoms with Gasteiger partial charge in [0.2, 0.25) is 5.91 Å². The first-order chi connectivity index (χ1) is 6.61. The first-order valence-electron chi connectivity index (χ1n) is 4.69. The van der Waals surface area contributed by atoms with Crippen molar-refractivity contribution in [1.82, 2.24) is 4.90 Å². The molecule has 1 N–H and O–H groups in total. The molecule has 0 spiro atoms. The van der Waals surface area contributed by atoms with Crippen LogP contribution in [0.25, 0.3) is 0 Å². The lowest BCUT2D eigenvalue weighted by Crippen LogP contribution is -2.32. The van der Waals surface area contributed by atoms with Crippen LogP contribution in [0, 0.1) is 0 Å². The number of rotatable bonds is 7. The predicted molar refractivity (Wildman–Crippen MR) is 57.5 cm³/mol. The fourth-order valence-electron chi connectivity index (χ4n) is 1.02. The number of hydrogen-bond acceptors (Lipinski definition) is 3. The number of carbonyl (C=O) groups excluding carboxylic acids is 1. The van der Waals surface area contributed by atoms with Crippen molar-refractivity contribution in [1.29, 1.82) is 0 Å². The van der Waals surface area contributed by atoms with E-state index in [4.69, 9.17) is 5.11 Å². The van der Waals surface area contributed by atoms with Crippen LogP contribution >= 0.6 is 11.8 Å². The Morgan fingerprint density at radius 2 is 2.00 bits per heavy atom. The number of nitrogens with zero attached hydrogens (tertiary/aromatic N) is 1. The largest absolute Gasteiger partial charge is 0.481 e. The zero-order valence-electron chi connectivity index (χ0n) is 8.65. The number of thioether (sulfide) groups is 1. The molecule has 0 heterocycles. The monoisotopic (exact) mass is 219 g/mol. The highest BCUT2D eigenvalue weighted by Gasteiger charge is 2.08. The summed E-state index contributed by atoms with van der Waals surface area (Å²) in [5, 5.41) is 8.39. The van der Waals surface area contributed by atoms with Crippen LogP contribution in [0.1, 0.15) is 20.3 Å². The summed E-state index contributed by atoms with van der Waals surface area (Å²) in [4.78, 5) is 23.2. The molecule has 0 aliphatic heterocycles. The van der Waals surface area contributed by atoms with Crippen molar-refractivity contribution in [2.24, 2.45) is 0 Å². The Kier molecular flexibility index (Phi) is 7.28. The molecule has 0 rings (SSSR count). The third-order valence-electron chi connectivity index (χ3n) is 1.77. The van der Waals surface area contributed by atoms with E-state index in [-0.39, 0.29) is 11.7 Å².